The van der Waals surface area contributed by atoms with Crippen LogP contribution < -0.4 is 9.47 Å². The van der Waals surface area contributed by atoms with Crippen molar-refractivity contribution in [1.29, 1.82) is 0 Å². The number of aromatic nitrogens is 1. The Kier molecular flexibility index (Phi) is 1.34. The number of hydrogen-bond acceptors (Lipinski definition) is 4. The highest BCUT2D eigenvalue weighted by molar-refractivity contribution is 5.41. The smallest absolute Gasteiger partial charge is 0.228 e. The molecule has 1 saturated heterocycles. The number of aliphatic hydroxyl groups is 1. The van der Waals surface area contributed by atoms with Gasteiger partial charge in [0, 0.05) is 6.07 Å². The zero-order chi connectivity index (χ0) is 10.8. The molecule has 3 heterocycles. The Labute approximate surface area is 86.4 Å². The summed E-state index contributed by atoms with van der Waals surface area (Å²) < 4.78 is 11.5. The quantitative estimate of drug-likeness (QED) is 0.372. The maximum Gasteiger partial charge on any atom is 0.228 e. The molecule has 2 aliphatic rings. The van der Waals surface area contributed by atoms with E-state index < -0.39 is 11.4 Å². The molecule has 2 aliphatic heterocycles. The second-order valence-electron chi connectivity index (χ2n) is 4.48. The fourth-order valence-electron chi connectivity index (χ4n) is 2.14. The van der Waals surface area contributed by atoms with Crippen LogP contribution >= 0.6 is 0 Å². The van der Waals surface area contributed by atoms with Gasteiger partial charge in [0.1, 0.15) is 5.60 Å². The highest BCUT2D eigenvalue weighted by Crippen LogP contribution is 2.56. The van der Waals surface area contributed by atoms with Gasteiger partial charge in [0.05, 0.1) is 5.56 Å². The van der Waals surface area contributed by atoms with Crippen LogP contribution in [0.5, 0.6) is 5.75 Å². The molecule has 2 atom stereocenters. The highest BCUT2D eigenvalue weighted by Gasteiger charge is 2.69. The lowest BCUT2D eigenvalue weighted by Gasteiger charge is -2.30. The van der Waals surface area contributed by atoms with Crippen LogP contribution in [0.1, 0.15) is 19.4 Å². The van der Waals surface area contributed by atoms with Crippen molar-refractivity contribution in [2.75, 3.05) is 0 Å². The van der Waals surface area contributed by atoms with E-state index in [0.717, 1.165) is 0 Å². The van der Waals surface area contributed by atoms with Gasteiger partial charge in [-0.05, 0) is 13.8 Å². The molecule has 80 valence electrons. The van der Waals surface area contributed by atoms with Crippen LogP contribution in [0.15, 0.2) is 18.5 Å². The van der Waals surface area contributed by atoms with E-state index in [1.54, 1.807) is 0 Å². The Morgan fingerprint density at radius 1 is 1.53 bits per heavy atom. The van der Waals surface area contributed by atoms with Crippen LogP contribution in [0.4, 0.5) is 0 Å². The van der Waals surface area contributed by atoms with Crippen molar-refractivity contribution < 1.29 is 19.3 Å². The van der Waals surface area contributed by atoms with Crippen LogP contribution in [0.25, 0.3) is 0 Å². The number of pyridine rings is 1. The first kappa shape index (κ1) is 8.94. The first-order valence-corrected chi connectivity index (χ1v) is 4.76. The molecule has 15 heavy (non-hydrogen) atoms. The third-order valence-corrected chi connectivity index (χ3v) is 2.88. The Morgan fingerprint density at radius 3 is 3.00 bits per heavy atom. The zero-order valence-corrected chi connectivity index (χ0v) is 8.43. The lowest BCUT2D eigenvalue weighted by Crippen LogP contribution is -2.43. The minimum atomic E-state index is -1.27. The fourth-order valence-corrected chi connectivity index (χ4v) is 2.14. The van der Waals surface area contributed by atoms with Gasteiger partial charge in [0.25, 0.3) is 0 Å². The molecule has 0 amide bonds. The monoisotopic (exact) mass is 209 g/mol. The number of ether oxygens (including phenoxy) is 2. The molecular weight excluding hydrogens is 198 g/mol. The summed E-state index contributed by atoms with van der Waals surface area (Å²) in [6.45, 7) is 3.64. The van der Waals surface area contributed by atoms with E-state index in [1.165, 1.54) is 18.5 Å². The lowest BCUT2D eigenvalue weighted by molar-refractivity contribution is -0.606. The second kappa shape index (κ2) is 2.25. The average molecular weight is 209 g/mol. The van der Waals surface area contributed by atoms with Crippen LogP contribution in [0.2, 0.25) is 0 Å². The van der Waals surface area contributed by atoms with Crippen molar-refractivity contribution >= 4 is 0 Å². The standard InChI is InChI=1S/C10H11NO4/c1-9(2)8-10(12,15-8)6-3-4-11(13)5-7(6)14-9/h3-5,8,12H,1-2H3. The maximum atomic E-state index is 11.1. The molecule has 0 aromatic carbocycles. The normalized spacial score (nSPS) is 35.0. The van der Waals surface area contributed by atoms with Crippen molar-refractivity contribution in [2.24, 2.45) is 0 Å². The van der Waals surface area contributed by atoms with E-state index in [9.17, 15) is 10.3 Å². The van der Waals surface area contributed by atoms with Gasteiger partial charge < -0.3 is 19.8 Å². The number of rotatable bonds is 0. The van der Waals surface area contributed by atoms with Gasteiger partial charge in [-0.1, -0.05) is 0 Å². The van der Waals surface area contributed by atoms with Crippen LogP contribution in [-0.2, 0) is 10.5 Å². The van der Waals surface area contributed by atoms with E-state index >= 15 is 0 Å². The Bertz CT molecular complexity index is 445. The third-order valence-electron chi connectivity index (χ3n) is 2.88. The molecule has 1 aromatic rings. The minimum absolute atomic E-state index is 0.361. The predicted octanol–water partition coefficient (Wildman–Crippen LogP) is 0.0349. The summed E-state index contributed by atoms with van der Waals surface area (Å²) in [5.74, 6) is -0.889. The molecule has 0 spiro atoms. The largest absolute Gasteiger partial charge is 0.619 e. The molecular formula is C10H11NO4. The molecule has 0 radical (unpaired) electrons. The molecule has 3 rings (SSSR count). The summed E-state index contributed by atoms with van der Waals surface area (Å²) in [4.78, 5) is 0. The third kappa shape index (κ3) is 1.02. The van der Waals surface area contributed by atoms with Gasteiger partial charge in [-0.15, -0.1) is 0 Å². The molecule has 1 N–H and O–H groups in total. The van der Waals surface area contributed by atoms with Crippen molar-refractivity contribution in [3.05, 3.63) is 29.2 Å². The number of nitrogens with zero attached hydrogens (tertiary/aromatic N) is 1. The summed E-state index contributed by atoms with van der Waals surface area (Å²) in [6, 6.07) is 1.53. The first-order valence-electron chi connectivity index (χ1n) is 4.76. The molecule has 5 nitrogen and oxygen atoms in total. The van der Waals surface area contributed by atoms with Gasteiger partial charge in [0.2, 0.25) is 12.0 Å². The fraction of sp³-hybridized carbons (Fsp3) is 0.500. The predicted molar refractivity (Wildman–Crippen MR) is 48.9 cm³/mol. The van der Waals surface area contributed by atoms with Crippen molar-refractivity contribution in [2.45, 2.75) is 31.3 Å². The second-order valence-corrected chi connectivity index (χ2v) is 4.48. The topological polar surface area (TPSA) is 68.9 Å². The van der Waals surface area contributed by atoms with Gasteiger partial charge in [-0.25, -0.2) is 0 Å². The molecule has 0 saturated carbocycles. The van der Waals surface area contributed by atoms with E-state index in [1.807, 2.05) is 13.8 Å². The zero-order valence-electron chi connectivity index (χ0n) is 8.43. The van der Waals surface area contributed by atoms with Gasteiger partial charge >= 0.3 is 0 Å². The van der Waals surface area contributed by atoms with Crippen LogP contribution in [0.3, 0.4) is 0 Å². The summed E-state index contributed by atoms with van der Waals surface area (Å²) >= 11 is 0. The van der Waals surface area contributed by atoms with Crippen molar-refractivity contribution in [1.82, 2.24) is 0 Å². The summed E-state index contributed by atoms with van der Waals surface area (Å²) in [5, 5.41) is 21.2. The van der Waals surface area contributed by atoms with Gasteiger partial charge in [-0.3, -0.25) is 0 Å². The Balaban J connectivity index is 2.17. The highest BCUT2D eigenvalue weighted by atomic mass is 16.8. The average Bonchev–Trinajstić information content (AvgIpc) is 2.78. The first-order chi connectivity index (χ1) is 6.93. The molecule has 0 aliphatic carbocycles. The number of hydrogen-bond donors (Lipinski definition) is 1. The summed E-state index contributed by atoms with van der Waals surface area (Å²) in [7, 11) is 0. The molecule has 2 unspecified atom stereocenters. The van der Waals surface area contributed by atoms with Crippen LogP contribution in [0, 0.1) is 5.21 Å². The lowest BCUT2D eigenvalue weighted by atomic mass is 9.93. The van der Waals surface area contributed by atoms with E-state index in [2.05, 4.69) is 0 Å². The van der Waals surface area contributed by atoms with E-state index in [-0.39, 0.29) is 6.10 Å². The van der Waals surface area contributed by atoms with Gasteiger partial charge in [0.15, 0.2) is 18.1 Å². The van der Waals surface area contributed by atoms with Crippen LogP contribution in [-0.4, -0.2) is 16.8 Å². The molecule has 0 bridgehead atoms. The summed E-state index contributed by atoms with van der Waals surface area (Å²) in [5.41, 5.74) is -0.0882. The van der Waals surface area contributed by atoms with Crippen molar-refractivity contribution in [3.63, 3.8) is 0 Å². The van der Waals surface area contributed by atoms with E-state index in [4.69, 9.17) is 9.47 Å². The Hall–Kier alpha value is -1.33. The van der Waals surface area contributed by atoms with Gasteiger partial charge in [-0.2, -0.15) is 4.73 Å². The number of epoxide rings is 1. The molecule has 1 fully saturated rings. The van der Waals surface area contributed by atoms with E-state index in [0.29, 0.717) is 16.0 Å². The van der Waals surface area contributed by atoms with Crippen molar-refractivity contribution in [3.8, 4) is 5.75 Å². The maximum absolute atomic E-state index is 11.1. The SMILES string of the molecule is CC1(C)Oc2c[n+]([O-])ccc2C2(O)OC12. The molecule has 1 aromatic heterocycles. The summed E-state index contributed by atoms with van der Waals surface area (Å²) in [6.07, 6.45) is 2.25. The molecule has 5 heteroatoms. The Morgan fingerprint density at radius 2 is 2.27 bits per heavy atom. The number of fused-ring (bicyclic) bond motifs is 3. The minimum Gasteiger partial charge on any atom is -0.619 e.